The predicted octanol–water partition coefficient (Wildman–Crippen LogP) is 3.42. The highest BCUT2D eigenvalue weighted by Crippen LogP contribution is 2.28. The average Bonchev–Trinajstić information content (AvgIpc) is 3.62. The number of carbonyl (C=O) groups is 4. The molecule has 0 radical (unpaired) electrons. The molecule has 0 aromatic rings. The van der Waals surface area contributed by atoms with Crippen LogP contribution in [0.25, 0.3) is 0 Å². The van der Waals surface area contributed by atoms with Crippen molar-refractivity contribution in [3.63, 3.8) is 0 Å². The molecule has 1 saturated heterocycles. The first-order valence-electron chi connectivity index (χ1n) is 14.8. The van der Waals surface area contributed by atoms with E-state index in [1.807, 2.05) is 20.8 Å². The van der Waals surface area contributed by atoms with Crippen LogP contribution in [0.4, 0.5) is 0 Å². The van der Waals surface area contributed by atoms with Crippen LogP contribution in [0.3, 0.4) is 0 Å². The lowest BCUT2D eigenvalue weighted by atomic mass is 9.91. The molecule has 2 aliphatic heterocycles. The predicted molar refractivity (Wildman–Crippen MR) is 156 cm³/mol. The van der Waals surface area contributed by atoms with Crippen LogP contribution >= 0.6 is 0 Å². The smallest absolute Gasteiger partial charge is 0.330 e. The minimum absolute atomic E-state index is 0.173. The van der Waals surface area contributed by atoms with Gasteiger partial charge in [0.05, 0.1) is 50.2 Å². The standard InChI is InChI=1S/C11H21NO3.C11H18O5.C8H12O3/c1-3-10(2)14-9-8-13-6-4-11-12-5-7-15-11;1-4-8(3)11(14)16-7-9(12)6-15-10(13)5-2;1-3-5-6(4-2)8(10)11-7(5)9/h10H,3-9H2,1-2H3;5,8-9,12H,2,4,6-7H2,1,3H3;5-6H,3-4H2,1-2H3. The highest BCUT2D eigenvalue weighted by molar-refractivity contribution is 5.96. The first-order chi connectivity index (χ1) is 20.0. The molecule has 1 fully saturated rings. The molecule has 5 unspecified atom stereocenters. The lowest BCUT2D eigenvalue weighted by Gasteiger charge is -2.13. The van der Waals surface area contributed by atoms with Crippen molar-refractivity contribution in [3.8, 4) is 0 Å². The van der Waals surface area contributed by atoms with Crippen molar-refractivity contribution in [2.24, 2.45) is 22.7 Å². The number of esters is 4. The Bertz CT molecular complexity index is 825. The highest BCUT2D eigenvalue weighted by Gasteiger charge is 2.41. The zero-order valence-electron chi connectivity index (χ0n) is 26.1. The van der Waals surface area contributed by atoms with E-state index in [1.54, 1.807) is 6.92 Å². The Kier molecular flexibility index (Phi) is 22.1. The Hall–Kier alpha value is -2.83. The second kappa shape index (κ2) is 23.7. The van der Waals surface area contributed by atoms with Crippen molar-refractivity contribution in [3.05, 3.63) is 12.7 Å². The Labute approximate surface area is 250 Å². The van der Waals surface area contributed by atoms with Crippen LogP contribution in [0.1, 0.15) is 73.6 Å². The molecular formula is C30H51NO11. The molecule has 0 amide bonds. The number of hydrogen-bond donors (Lipinski definition) is 1. The number of aliphatic hydroxyl groups is 1. The molecule has 0 bridgehead atoms. The third-order valence-corrected chi connectivity index (χ3v) is 6.50. The van der Waals surface area contributed by atoms with Gasteiger partial charge in [0.2, 0.25) is 0 Å². The fraction of sp³-hybridized carbons (Fsp3) is 0.767. The van der Waals surface area contributed by atoms with E-state index < -0.39 is 12.1 Å². The maximum atomic E-state index is 11.2. The molecule has 0 saturated carbocycles. The molecule has 0 aliphatic carbocycles. The largest absolute Gasteiger partial charge is 0.479 e. The molecule has 0 aromatic carbocycles. The van der Waals surface area contributed by atoms with Crippen molar-refractivity contribution >= 4 is 29.8 Å². The number of nitrogens with zero attached hydrogens (tertiary/aromatic N) is 1. The topological polar surface area (TPSA) is 156 Å². The summed E-state index contributed by atoms with van der Waals surface area (Å²) < 4.78 is 30.0. The summed E-state index contributed by atoms with van der Waals surface area (Å²) in [6.07, 6.45) is 4.23. The summed E-state index contributed by atoms with van der Waals surface area (Å²) in [6.45, 7) is 17.9. The van der Waals surface area contributed by atoms with E-state index >= 15 is 0 Å². The van der Waals surface area contributed by atoms with Crippen molar-refractivity contribution in [2.45, 2.75) is 85.9 Å². The summed E-state index contributed by atoms with van der Waals surface area (Å²) in [6, 6.07) is 0. The SMILES string of the molecule is C=CC(=O)OCC(O)COC(=O)C(C)CC.CCC(C)OCCOCCC1=NCCO1.CCC1C(=O)OC(=O)C1CC. The molecule has 1 N–H and O–H groups in total. The fourth-order valence-corrected chi connectivity index (χ4v) is 3.47. The molecule has 2 aliphatic rings. The zero-order chi connectivity index (χ0) is 31.9. The number of aliphatic hydroxyl groups excluding tert-OH is 1. The normalized spacial score (nSPS) is 19.5. The van der Waals surface area contributed by atoms with Gasteiger partial charge in [-0.15, -0.1) is 0 Å². The average molecular weight is 602 g/mol. The molecule has 42 heavy (non-hydrogen) atoms. The minimum Gasteiger partial charge on any atom is -0.479 e. The molecule has 2 heterocycles. The maximum absolute atomic E-state index is 11.2. The summed E-state index contributed by atoms with van der Waals surface area (Å²) >= 11 is 0. The van der Waals surface area contributed by atoms with Crippen LogP contribution in [0.2, 0.25) is 0 Å². The number of carbonyl (C=O) groups excluding carboxylic acids is 4. The Morgan fingerprint density at radius 2 is 1.62 bits per heavy atom. The van der Waals surface area contributed by atoms with Gasteiger partial charge in [-0.25, -0.2) is 4.79 Å². The second-order valence-electron chi connectivity index (χ2n) is 9.77. The van der Waals surface area contributed by atoms with E-state index in [0.717, 1.165) is 38.0 Å². The van der Waals surface area contributed by atoms with Crippen molar-refractivity contribution in [2.75, 3.05) is 46.2 Å². The van der Waals surface area contributed by atoms with Gasteiger partial charge in [0.1, 0.15) is 25.9 Å². The van der Waals surface area contributed by atoms with Crippen LogP contribution < -0.4 is 0 Å². The van der Waals surface area contributed by atoms with Gasteiger partial charge in [-0.3, -0.25) is 19.4 Å². The first kappa shape index (κ1) is 39.2. The quantitative estimate of drug-likeness (QED) is 0.0857. The fourth-order valence-electron chi connectivity index (χ4n) is 3.47. The van der Waals surface area contributed by atoms with Crippen LogP contribution in [0.15, 0.2) is 17.6 Å². The number of rotatable bonds is 17. The summed E-state index contributed by atoms with van der Waals surface area (Å²) in [7, 11) is 0. The van der Waals surface area contributed by atoms with E-state index in [9.17, 15) is 24.3 Å². The van der Waals surface area contributed by atoms with Crippen molar-refractivity contribution in [1.29, 1.82) is 0 Å². The van der Waals surface area contributed by atoms with Crippen LogP contribution in [-0.4, -0.2) is 93.3 Å². The molecular weight excluding hydrogens is 550 g/mol. The number of cyclic esters (lactones) is 2. The van der Waals surface area contributed by atoms with E-state index in [4.69, 9.17) is 18.9 Å². The third kappa shape index (κ3) is 17.2. The van der Waals surface area contributed by atoms with Crippen molar-refractivity contribution in [1.82, 2.24) is 0 Å². The summed E-state index contributed by atoms with van der Waals surface area (Å²) in [5.74, 6) is -1.40. The molecule has 0 aromatic heterocycles. The second-order valence-corrected chi connectivity index (χ2v) is 9.77. The van der Waals surface area contributed by atoms with Crippen molar-refractivity contribution < 1.29 is 52.7 Å². The number of ether oxygens (including phenoxy) is 6. The van der Waals surface area contributed by atoms with Gasteiger partial charge in [0.15, 0.2) is 5.90 Å². The Morgan fingerprint density at radius 1 is 1.00 bits per heavy atom. The van der Waals surface area contributed by atoms with Gasteiger partial charge in [-0.1, -0.05) is 41.2 Å². The third-order valence-electron chi connectivity index (χ3n) is 6.50. The zero-order valence-corrected chi connectivity index (χ0v) is 26.1. The molecule has 5 atom stereocenters. The monoisotopic (exact) mass is 601 g/mol. The molecule has 12 heteroatoms. The molecule has 2 rings (SSSR count). The lowest BCUT2D eigenvalue weighted by molar-refractivity contribution is -0.155. The van der Waals surface area contributed by atoms with E-state index in [2.05, 4.69) is 34.9 Å². The minimum atomic E-state index is -1.00. The van der Waals surface area contributed by atoms with E-state index in [0.29, 0.717) is 45.2 Å². The summed E-state index contributed by atoms with van der Waals surface area (Å²) in [4.78, 5) is 47.9. The van der Waals surface area contributed by atoms with E-state index in [1.165, 1.54) is 0 Å². The highest BCUT2D eigenvalue weighted by atomic mass is 16.6. The van der Waals surface area contributed by atoms with Gasteiger partial charge < -0.3 is 33.5 Å². The van der Waals surface area contributed by atoms with Gasteiger partial charge >= 0.3 is 23.9 Å². The number of aliphatic imine (C=N–C) groups is 1. The van der Waals surface area contributed by atoms with Gasteiger partial charge in [0, 0.05) is 12.5 Å². The maximum Gasteiger partial charge on any atom is 0.330 e. The van der Waals surface area contributed by atoms with Crippen LogP contribution in [-0.2, 0) is 47.6 Å². The van der Waals surface area contributed by atoms with Crippen LogP contribution in [0.5, 0.6) is 0 Å². The van der Waals surface area contributed by atoms with Gasteiger partial charge in [0.25, 0.3) is 0 Å². The Balaban J connectivity index is 0.000000610. The summed E-state index contributed by atoms with van der Waals surface area (Å²) in [5, 5.41) is 9.31. The lowest BCUT2D eigenvalue weighted by Crippen LogP contribution is -2.26. The first-order valence-corrected chi connectivity index (χ1v) is 14.8. The molecule has 0 spiro atoms. The Morgan fingerprint density at radius 3 is 2.12 bits per heavy atom. The molecule has 242 valence electrons. The summed E-state index contributed by atoms with van der Waals surface area (Å²) in [5.41, 5.74) is 0. The van der Waals surface area contributed by atoms with Gasteiger partial charge in [-0.2, -0.15) is 0 Å². The van der Waals surface area contributed by atoms with E-state index in [-0.39, 0.29) is 48.9 Å². The number of hydrogen-bond acceptors (Lipinski definition) is 12. The van der Waals surface area contributed by atoms with Crippen LogP contribution in [0, 0.1) is 17.8 Å². The molecule has 12 nitrogen and oxygen atoms in total. The van der Waals surface area contributed by atoms with Gasteiger partial charge in [-0.05, 0) is 32.6 Å².